The molecule has 0 atom stereocenters. The zero-order valence-corrected chi connectivity index (χ0v) is 16.4. The SMILES string of the molecule is Cc1ccccc1NC(=O)CN1C(=O)N/C(=C/c2ccn(C3CCCC3)c2)C1=O. The van der Waals surface area contributed by atoms with Crippen molar-refractivity contribution in [3.8, 4) is 0 Å². The van der Waals surface area contributed by atoms with Gasteiger partial charge in [-0.05, 0) is 49.1 Å². The number of imide groups is 1. The summed E-state index contributed by atoms with van der Waals surface area (Å²) in [4.78, 5) is 38.1. The molecule has 1 aliphatic carbocycles. The summed E-state index contributed by atoms with van der Waals surface area (Å²) in [6.45, 7) is 1.54. The Labute approximate surface area is 169 Å². The Morgan fingerprint density at radius 1 is 1.21 bits per heavy atom. The number of hydrogen-bond acceptors (Lipinski definition) is 3. The quantitative estimate of drug-likeness (QED) is 0.604. The first kappa shape index (κ1) is 19.0. The number of nitrogens with zero attached hydrogens (tertiary/aromatic N) is 2. The monoisotopic (exact) mass is 392 g/mol. The van der Waals surface area contributed by atoms with Crippen LogP contribution in [0.25, 0.3) is 6.08 Å². The van der Waals surface area contributed by atoms with E-state index in [1.165, 1.54) is 25.7 Å². The molecule has 0 radical (unpaired) electrons. The summed E-state index contributed by atoms with van der Waals surface area (Å²) in [7, 11) is 0. The number of anilines is 1. The Kier molecular flexibility index (Phi) is 5.20. The van der Waals surface area contributed by atoms with Gasteiger partial charge in [-0.1, -0.05) is 31.0 Å². The van der Waals surface area contributed by atoms with Crippen molar-refractivity contribution in [3.05, 3.63) is 59.5 Å². The van der Waals surface area contributed by atoms with Crippen molar-refractivity contribution in [3.63, 3.8) is 0 Å². The third kappa shape index (κ3) is 4.08. The van der Waals surface area contributed by atoms with Gasteiger partial charge < -0.3 is 15.2 Å². The summed E-state index contributed by atoms with van der Waals surface area (Å²) >= 11 is 0. The van der Waals surface area contributed by atoms with E-state index in [1.54, 1.807) is 12.1 Å². The first-order valence-electron chi connectivity index (χ1n) is 9.89. The van der Waals surface area contributed by atoms with Crippen molar-refractivity contribution in [1.29, 1.82) is 0 Å². The number of rotatable bonds is 5. The van der Waals surface area contributed by atoms with E-state index in [-0.39, 0.29) is 12.2 Å². The van der Waals surface area contributed by atoms with Gasteiger partial charge in [0.2, 0.25) is 5.91 Å². The van der Waals surface area contributed by atoms with Crippen molar-refractivity contribution in [2.24, 2.45) is 0 Å². The second-order valence-corrected chi connectivity index (χ2v) is 7.57. The molecule has 1 saturated carbocycles. The number of aryl methyl sites for hydroxylation is 1. The van der Waals surface area contributed by atoms with Crippen molar-refractivity contribution < 1.29 is 14.4 Å². The number of benzene rings is 1. The standard InChI is InChI=1S/C22H24N4O3/c1-15-6-2-5-9-18(15)23-20(27)14-26-21(28)19(24-22(26)29)12-16-10-11-25(13-16)17-7-3-4-8-17/h2,5-6,9-13,17H,3-4,7-8,14H2,1H3,(H,23,27)(H,24,29)/b19-12+. The number of amides is 4. The molecule has 1 saturated heterocycles. The molecule has 4 rings (SSSR count). The van der Waals surface area contributed by atoms with E-state index < -0.39 is 17.8 Å². The number of hydrogen-bond donors (Lipinski definition) is 2. The van der Waals surface area contributed by atoms with Crippen LogP contribution in [0, 0.1) is 6.92 Å². The number of carbonyl (C=O) groups is 3. The maximum Gasteiger partial charge on any atom is 0.329 e. The van der Waals surface area contributed by atoms with Gasteiger partial charge in [0.05, 0.1) is 0 Å². The van der Waals surface area contributed by atoms with Gasteiger partial charge in [-0.2, -0.15) is 0 Å². The van der Waals surface area contributed by atoms with Gasteiger partial charge in [0.1, 0.15) is 12.2 Å². The molecular formula is C22H24N4O3. The van der Waals surface area contributed by atoms with E-state index in [1.807, 2.05) is 43.6 Å². The maximum atomic E-state index is 12.6. The highest BCUT2D eigenvalue weighted by atomic mass is 16.2. The number of carbonyl (C=O) groups excluding carboxylic acids is 3. The zero-order chi connectivity index (χ0) is 20.4. The molecule has 1 aromatic heterocycles. The molecule has 4 amide bonds. The third-order valence-corrected chi connectivity index (χ3v) is 5.48. The molecule has 2 aromatic rings. The average molecular weight is 392 g/mol. The van der Waals surface area contributed by atoms with Gasteiger partial charge in [0, 0.05) is 24.1 Å². The van der Waals surface area contributed by atoms with E-state index in [4.69, 9.17) is 0 Å². The number of para-hydroxylation sites is 1. The summed E-state index contributed by atoms with van der Waals surface area (Å²) in [5, 5.41) is 5.31. The van der Waals surface area contributed by atoms with Gasteiger partial charge >= 0.3 is 6.03 Å². The lowest BCUT2D eigenvalue weighted by Crippen LogP contribution is -2.38. The van der Waals surface area contributed by atoms with Gasteiger partial charge in [-0.25, -0.2) is 9.69 Å². The molecule has 2 heterocycles. The van der Waals surface area contributed by atoms with Crippen LogP contribution in [0.15, 0.2) is 48.4 Å². The van der Waals surface area contributed by atoms with Crippen LogP contribution in [-0.4, -0.2) is 33.9 Å². The molecule has 0 bridgehead atoms. The Bertz CT molecular complexity index is 985. The summed E-state index contributed by atoms with van der Waals surface area (Å²) in [6.07, 6.45) is 10.5. The van der Waals surface area contributed by atoms with Crippen LogP contribution in [0.4, 0.5) is 10.5 Å². The molecule has 2 N–H and O–H groups in total. The van der Waals surface area contributed by atoms with Crippen LogP contribution < -0.4 is 10.6 Å². The molecule has 0 spiro atoms. The highest BCUT2D eigenvalue weighted by molar-refractivity contribution is 6.15. The Hall–Kier alpha value is -3.35. The first-order valence-corrected chi connectivity index (χ1v) is 9.89. The van der Waals surface area contributed by atoms with E-state index in [0.29, 0.717) is 11.7 Å². The lowest BCUT2D eigenvalue weighted by Gasteiger charge is -2.13. The lowest BCUT2D eigenvalue weighted by molar-refractivity contribution is -0.127. The summed E-state index contributed by atoms with van der Waals surface area (Å²) in [5.74, 6) is -0.917. The minimum absolute atomic E-state index is 0.183. The fourth-order valence-corrected chi connectivity index (χ4v) is 3.87. The molecule has 150 valence electrons. The van der Waals surface area contributed by atoms with E-state index >= 15 is 0 Å². The molecule has 29 heavy (non-hydrogen) atoms. The minimum Gasteiger partial charge on any atom is -0.351 e. The van der Waals surface area contributed by atoms with Gasteiger partial charge in [0.15, 0.2) is 0 Å². The Balaban J connectivity index is 1.42. The molecule has 2 aliphatic rings. The predicted octanol–water partition coefficient (Wildman–Crippen LogP) is 3.44. The zero-order valence-electron chi connectivity index (χ0n) is 16.4. The topological polar surface area (TPSA) is 83.4 Å². The molecule has 2 fully saturated rings. The second kappa shape index (κ2) is 7.95. The van der Waals surface area contributed by atoms with Gasteiger partial charge in [-0.15, -0.1) is 0 Å². The molecule has 1 aromatic carbocycles. The van der Waals surface area contributed by atoms with Crippen LogP contribution in [-0.2, 0) is 9.59 Å². The molecule has 7 heteroatoms. The van der Waals surface area contributed by atoms with E-state index in [0.717, 1.165) is 16.0 Å². The van der Waals surface area contributed by atoms with Crippen molar-refractivity contribution in [2.45, 2.75) is 38.6 Å². The lowest BCUT2D eigenvalue weighted by atomic mass is 10.2. The largest absolute Gasteiger partial charge is 0.351 e. The number of nitrogens with one attached hydrogen (secondary N) is 2. The number of urea groups is 1. The maximum absolute atomic E-state index is 12.6. The minimum atomic E-state index is -0.587. The molecule has 0 unspecified atom stereocenters. The van der Waals surface area contributed by atoms with Crippen LogP contribution in [0.2, 0.25) is 0 Å². The van der Waals surface area contributed by atoms with Crippen LogP contribution >= 0.6 is 0 Å². The first-order chi connectivity index (χ1) is 14.0. The van der Waals surface area contributed by atoms with Gasteiger partial charge in [-0.3, -0.25) is 9.59 Å². The smallest absolute Gasteiger partial charge is 0.329 e. The highest BCUT2D eigenvalue weighted by Gasteiger charge is 2.35. The number of aromatic nitrogens is 1. The summed E-state index contributed by atoms with van der Waals surface area (Å²) < 4.78 is 2.17. The fraction of sp³-hybridized carbons (Fsp3) is 0.318. The van der Waals surface area contributed by atoms with Crippen molar-refractivity contribution in [2.75, 3.05) is 11.9 Å². The molecule has 1 aliphatic heterocycles. The Morgan fingerprint density at radius 2 is 1.97 bits per heavy atom. The normalized spacial score (nSPS) is 18.5. The van der Waals surface area contributed by atoms with Crippen molar-refractivity contribution >= 4 is 29.6 Å². The summed E-state index contributed by atoms with van der Waals surface area (Å²) in [6, 6.07) is 9.20. The van der Waals surface area contributed by atoms with Gasteiger partial charge in [0.25, 0.3) is 5.91 Å². The molecular weight excluding hydrogens is 368 g/mol. The fourth-order valence-electron chi connectivity index (χ4n) is 3.87. The molecule has 7 nitrogen and oxygen atoms in total. The van der Waals surface area contributed by atoms with Crippen molar-refractivity contribution in [1.82, 2.24) is 14.8 Å². The highest BCUT2D eigenvalue weighted by Crippen LogP contribution is 2.30. The van der Waals surface area contributed by atoms with Crippen LogP contribution in [0.1, 0.15) is 42.9 Å². The van der Waals surface area contributed by atoms with Crippen LogP contribution in [0.5, 0.6) is 0 Å². The summed E-state index contributed by atoms with van der Waals surface area (Å²) in [5.41, 5.74) is 2.61. The second-order valence-electron chi connectivity index (χ2n) is 7.57. The Morgan fingerprint density at radius 3 is 2.72 bits per heavy atom. The average Bonchev–Trinajstić information content (AvgIpc) is 3.42. The van der Waals surface area contributed by atoms with E-state index in [9.17, 15) is 14.4 Å². The predicted molar refractivity (Wildman–Crippen MR) is 110 cm³/mol. The van der Waals surface area contributed by atoms with Crippen LogP contribution in [0.3, 0.4) is 0 Å². The third-order valence-electron chi connectivity index (χ3n) is 5.48. The van der Waals surface area contributed by atoms with E-state index in [2.05, 4.69) is 15.2 Å².